The summed E-state index contributed by atoms with van der Waals surface area (Å²) in [4.78, 5) is 16.5. The largest absolute Gasteiger partial charge is 0.343 e. The lowest BCUT2D eigenvalue weighted by Gasteiger charge is -2.35. The number of piperidine rings is 1. The quantitative estimate of drug-likeness (QED) is 0.849. The van der Waals surface area contributed by atoms with Crippen molar-refractivity contribution in [3.8, 4) is 0 Å². The minimum atomic E-state index is 0. The summed E-state index contributed by atoms with van der Waals surface area (Å²) in [5.74, 6) is 1.07. The first-order valence-electron chi connectivity index (χ1n) is 7.31. The molecule has 2 rings (SSSR count). The third kappa shape index (κ3) is 4.93. The van der Waals surface area contributed by atoms with Crippen LogP contribution in [-0.4, -0.2) is 62.0 Å². The van der Waals surface area contributed by atoms with Gasteiger partial charge in [0.15, 0.2) is 0 Å². The fraction of sp³-hybridized carbons (Fsp3) is 0.929. The van der Waals surface area contributed by atoms with Gasteiger partial charge in [-0.25, -0.2) is 0 Å². The Morgan fingerprint density at radius 1 is 1.32 bits per heavy atom. The molecule has 4 nitrogen and oxygen atoms in total. The molecule has 112 valence electrons. The number of nitrogens with zero attached hydrogens (tertiary/aromatic N) is 2. The van der Waals surface area contributed by atoms with Crippen LogP contribution < -0.4 is 5.32 Å². The van der Waals surface area contributed by atoms with Crippen molar-refractivity contribution in [2.24, 2.45) is 5.92 Å². The van der Waals surface area contributed by atoms with Gasteiger partial charge in [-0.1, -0.05) is 0 Å². The highest BCUT2D eigenvalue weighted by atomic mass is 35.5. The number of halogens is 1. The highest BCUT2D eigenvalue weighted by molar-refractivity contribution is 5.85. The molecule has 2 fully saturated rings. The van der Waals surface area contributed by atoms with E-state index in [2.05, 4.69) is 17.3 Å². The van der Waals surface area contributed by atoms with Gasteiger partial charge in [-0.3, -0.25) is 4.79 Å². The summed E-state index contributed by atoms with van der Waals surface area (Å²) in [6, 6.07) is 0.468. The molecule has 1 amide bonds. The number of hydrogen-bond donors (Lipinski definition) is 1. The standard InChI is InChI=1S/C14H27N3O.ClH/c1-16-9-6-13(7-10-16)17(2)14(18)4-3-12-5-8-15-11-12;/h12-13,15H,3-11H2,1-2H3;1H. The zero-order valence-electron chi connectivity index (χ0n) is 12.2. The summed E-state index contributed by atoms with van der Waals surface area (Å²) < 4.78 is 0. The maximum atomic E-state index is 12.2. The molecule has 0 aromatic heterocycles. The predicted octanol–water partition coefficient (Wildman–Crippen LogP) is 1.35. The summed E-state index contributed by atoms with van der Waals surface area (Å²) in [7, 11) is 4.15. The smallest absolute Gasteiger partial charge is 0.222 e. The number of rotatable bonds is 4. The lowest BCUT2D eigenvalue weighted by atomic mass is 10.0. The first-order valence-corrected chi connectivity index (χ1v) is 7.31. The molecule has 2 saturated heterocycles. The first-order chi connectivity index (χ1) is 8.66. The molecule has 1 atom stereocenters. The van der Waals surface area contributed by atoms with Crippen LogP contribution in [0.2, 0.25) is 0 Å². The van der Waals surface area contributed by atoms with E-state index in [1.807, 2.05) is 11.9 Å². The highest BCUT2D eigenvalue weighted by Gasteiger charge is 2.24. The van der Waals surface area contributed by atoms with E-state index in [9.17, 15) is 4.79 Å². The molecule has 2 heterocycles. The second-order valence-corrected chi connectivity index (χ2v) is 5.94. The monoisotopic (exact) mass is 289 g/mol. The number of carbonyl (C=O) groups is 1. The van der Waals surface area contributed by atoms with Crippen LogP contribution >= 0.6 is 12.4 Å². The van der Waals surface area contributed by atoms with Crippen LogP contribution in [0.1, 0.15) is 32.1 Å². The predicted molar refractivity (Wildman–Crippen MR) is 80.7 cm³/mol. The van der Waals surface area contributed by atoms with Crippen molar-refractivity contribution in [2.75, 3.05) is 40.3 Å². The SMILES string of the molecule is CN1CCC(N(C)C(=O)CCC2CCNC2)CC1.Cl. The molecule has 0 spiro atoms. The van der Waals surface area contributed by atoms with E-state index in [0.29, 0.717) is 11.9 Å². The number of amides is 1. The second kappa shape index (κ2) is 8.08. The van der Waals surface area contributed by atoms with Crippen LogP contribution in [0.5, 0.6) is 0 Å². The van der Waals surface area contributed by atoms with E-state index in [1.54, 1.807) is 0 Å². The number of nitrogens with one attached hydrogen (secondary N) is 1. The molecule has 0 radical (unpaired) electrons. The van der Waals surface area contributed by atoms with Crippen LogP contribution in [0.4, 0.5) is 0 Å². The van der Waals surface area contributed by atoms with Crippen LogP contribution in [0.25, 0.3) is 0 Å². The van der Waals surface area contributed by atoms with Gasteiger partial charge in [-0.2, -0.15) is 0 Å². The zero-order valence-corrected chi connectivity index (χ0v) is 13.0. The van der Waals surface area contributed by atoms with Gasteiger partial charge in [-0.05, 0) is 64.8 Å². The zero-order chi connectivity index (χ0) is 13.0. The molecular formula is C14H28ClN3O. The Morgan fingerprint density at radius 3 is 2.58 bits per heavy atom. The fourth-order valence-electron chi connectivity index (χ4n) is 3.05. The molecule has 0 aliphatic carbocycles. The molecule has 0 aromatic rings. The third-order valence-electron chi connectivity index (χ3n) is 4.56. The van der Waals surface area contributed by atoms with E-state index in [-0.39, 0.29) is 12.4 Å². The Kier molecular flexibility index (Phi) is 7.11. The van der Waals surface area contributed by atoms with Crippen molar-refractivity contribution < 1.29 is 4.79 Å². The van der Waals surface area contributed by atoms with E-state index in [1.165, 1.54) is 6.42 Å². The van der Waals surface area contributed by atoms with Gasteiger partial charge < -0.3 is 15.1 Å². The van der Waals surface area contributed by atoms with Gasteiger partial charge in [0.2, 0.25) is 5.91 Å². The van der Waals surface area contributed by atoms with E-state index in [0.717, 1.165) is 57.8 Å². The number of likely N-dealkylation sites (tertiary alicyclic amines) is 1. The van der Waals surface area contributed by atoms with Crippen molar-refractivity contribution >= 4 is 18.3 Å². The Labute approximate surface area is 123 Å². The Balaban J connectivity index is 0.00000180. The Bertz CT molecular complexity index is 274. The number of hydrogen-bond acceptors (Lipinski definition) is 3. The molecule has 1 unspecified atom stereocenters. The number of carbonyl (C=O) groups excluding carboxylic acids is 1. The average Bonchev–Trinajstić information content (AvgIpc) is 2.89. The van der Waals surface area contributed by atoms with Gasteiger partial charge in [0, 0.05) is 19.5 Å². The molecule has 1 N–H and O–H groups in total. The summed E-state index contributed by atoms with van der Waals surface area (Å²) in [5.41, 5.74) is 0. The molecule has 0 saturated carbocycles. The lowest BCUT2D eigenvalue weighted by Crippen LogP contribution is -2.44. The second-order valence-electron chi connectivity index (χ2n) is 5.94. The van der Waals surface area contributed by atoms with Crippen LogP contribution in [-0.2, 0) is 4.79 Å². The van der Waals surface area contributed by atoms with Gasteiger partial charge in [0.05, 0.1) is 0 Å². The Hall–Kier alpha value is -0.320. The van der Waals surface area contributed by atoms with Gasteiger partial charge >= 0.3 is 0 Å². The van der Waals surface area contributed by atoms with Gasteiger partial charge in [0.1, 0.15) is 0 Å². The minimum absolute atomic E-state index is 0. The lowest BCUT2D eigenvalue weighted by molar-refractivity contribution is -0.133. The molecule has 5 heteroatoms. The third-order valence-corrected chi connectivity index (χ3v) is 4.56. The topological polar surface area (TPSA) is 35.6 Å². The van der Waals surface area contributed by atoms with Crippen molar-refractivity contribution in [1.82, 2.24) is 15.1 Å². The molecule has 0 bridgehead atoms. The Morgan fingerprint density at radius 2 is 2.00 bits per heavy atom. The van der Waals surface area contributed by atoms with Gasteiger partial charge in [-0.15, -0.1) is 12.4 Å². The van der Waals surface area contributed by atoms with Crippen molar-refractivity contribution in [1.29, 1.82) is 0 Å². The van der Waals surface area contributed by atoms with Crippen molar-refractivity contribution in [3.63, 3.8) is 0 Å². The molecule has 0 aromatic carbocycles. The molecule has 2 aliphatic heterocycles. The fourth-order valence-corrected chi connectivity index (χ4v) is 3.05. The van der Waals surface area contributed by atoms with Crippen LogP contribution in [0.15, 0.2) is 0 Å². The molecule has 19 heavy (non-hydrogen) atoms. The first kappa shape index (κ1) is 16.7. The van der Waals surface area contributed by atoms with Crippen LogP contribution in [0, 0.1) is 5.92 Å². The van der Waals surface area contributed by atoms with Crippen molar-refractivity contribution in [2.45, 2.75) is 38.1 Å². The maximum absolute atomic E-state index is 12.2. The molecule has 2 aliphatic rings. The summed E-state index contributed by atoms with van der Waals surface area (Å²) in [6.07, 6.45) is 5.29. The highest BCUT2D eigenvalue weighted by Crippen LogP contribution is 2.18. The summed E-state index contributed by atoms with van der Waals surface area (Å²) >= 11 is 0. The molecular weight excluding hydrogens is 262 g/mol. The summed E-state index contributed by atoms with van der Waals surface area (Å²) in [5, 5.41) is 3.36. The van der Waals surface area contributed by atoms with Gasteiger partial charge in [0.25, 0.3) is 0 Å². The maximum Gasteiger partial charge on any atom is 0.222 e. The summed E-state index contributed by atoms with van der Waals surface area (Å²) in [6.45, 7) is 4.47. The van der Waals surface area contributed by atoms with E-state index in [4.69, 9.17) is 0 Å². The normalized spacial score (nSPS) is 25.1. The minimum Gasteiger partial charge on any atom is -0.343 e. The average molecular weight is 290 g/mol. The van der Waals surface area contributed by atoms with Crippen LogP contribution in [0.3, 0.4) is 0 Å². The van der Waals surface area contributed by atoms with E-state index >= 15 is 0 Å². The van der Waals surface area contributed by atoms with Crippen molar-refractivity contribution in [3.05, 3.63) is 0 Å². The van der Waals surface area contributed by atoms with E-state index < -0.39 is 0 Å².